The van der Waals surface area contributed by atoms with E-state index in [9.17, 15) is 14.7 Å². The normalized spacial score (nSPS) is 52.1. The maximum absolute atomic E-state index is 12.8. The number of fused-ring (bicyclic) bond motifs is 2. The summed E-state index contributed by atoms with van der Waals surface area (Å²) >= 11 is 0. The van der Waals surface area contributed by atoms with Crippen LogP contribution >= 0.6 is 0 Å². The van der Waals surface area contributed by atoms with Gasteiger partial charge >= 0.3 is 11.9 Å². The van der Waals surface area contributed by atoms with Crippen molar-refractivity contribution in [3.05, 3.63) is 35.8 Å². The summed E-state index contributed by atoms with van der Waals surface area (Å²) < 4.78 is 22.2. The Hall–Kier alpha value is -2.12. The number of rotatable bonds is 1. The second-order valence-corrected chi connectivity index (χ2v) is 8.95. The van der Waals surface area contributed by atoms with Gasteiger partial charge in [0, 0.05) is 27.9 Å². The third kappa shape index (κ3) is 1.59. The van der Waals surface area contributed by atoms with Crippen molar-refractivity contribution in [3.8, 4) is 0 Å². The number of hydrogen-bond donors (Lipinski definition) is 1. The molecule has 5 heterocycles. The highest BCUT2D eigenvalue weighted by molar-refractivity contribution is 5.92. The van der Waals surface area contributed by atoms with Gasteiger partial charge in [0.15, 0.2) is 5.60 Å². The van der Waals surface area contributed by atoms with Crippen molar-refractivity contribution in [2.75, 3.05) is 0 Å². The Balaban J connectivity index is 1.51. The summed E-state index contributed by atoms with van der Waals surface area (Å²) in [6, 6.07) is 1.79. The van der Waals surface area contributed by atoms with Gasteiger partial charge in [-0.3, -0.25) is 0 Å². The Bertz CT molecular complexity index is 903. The number of carbonyl (C=O) groups is 2. The summed E-state index contributed by atoms with van der Waals surface area (Å²) in [7, 11) is 0. The minimum absolute atomic E-state index is 0.237. The number of hydrogen-bond acceptors (Lipinski definition) is 7. The van der Waals surface area contributed by atoms with E-state index < -0.39 is 40.7 Å². The number of furan rings is 1. The molecular formula is C20H20O7. The van der Waals surface area contributed by atoms with Crippen LogP contribution in [0.4, 0.5) is 0 Å². The van der Waals surface area contributed by atoms with Crippen molar-refractivity contribution < 1.29 is 33.3 Å². The molecule has 1 aromatic rings. The van der Waals surface area contributed by atoms with Gasteiger partial charge in [0.2, 0.25) is 0 Å². The highest BCUT2D eigenvalue weighted by atomic mass is 16.7. The minimum atomic E-state index is -1.69. The SMILES string of the molecule is C[C@@]12C[C@H](c3ccoc3)OC(=O)C1=CC[C@]1(C)[C@H]2[C@@H]2OC(=O)[C@@]1(O)[C@@H]1O[C@H]21. The monoisotopic (exact) mass is 372 g/mol. The second-order valence-electron chi connectivity index (χ2n) is 8.95. The van der Waals surface area contributed by atoms with Crippen LogP contribution < -0.4 is 0 Å². The molecule has 0 radical (unpaired) electrons. The van der Waals surface area contributed by atoms with Crippen molar-refractivity contribution in [3.63, 3.8) is 0 Å². The summed E-state index contributed by atoms with van der Waals surface area (Å²) in [5.41, 5.74) is -1.65. The molecule has 2 bridgehead atoms. The van der Waals surface area contributed by atoms with Crippen molar-refractivity contribution >= 4 is 11.9 Å². The molecule has 27 heavy (non-hydrogen) atoms. The van der Waals surface area contributed by atoms with Crippen molar-refractivity contribution in [1.82, 2.24) is 0 Å². The molecule has 1 N–H and O–H groups in total. The van der Waals surface area contributed by atoms with E-state index in [1.165, 1.54) is 0 Å². The maximum atomic E-state index is 12.8. The molecule has 0 unspecified atom stereocenters. The van der Waals surface area contributed by atoms with Crippen LogP contribution in [0.3, 0.4) is 0 Å². The van der Waals surface area contributed by atoms with Gasteiger partial charge in [-0.1, -0.05) is 19.9 Å². The summed E-state index contributed by atoms with van der Waals surface area (Å²) in [5.74, 6) is -1.20. The summed E-state index contributed by atoms with van der Waals surface area (Å²) in [6.07, 6.45) is 4.20. The van der Waals surface area contributed by atoms with E-state index in [0.29, 0.717) is 18.4 Å². The van der Waals surface area contributed by atoms with Crippen molar-refractivity contribution in [2.24, 2.45) is 16.7 Å². The number of aliphatic hydroxyl groups is 1. The molecule has 4 saturated heterocycles. The van der Waals surface area contributed by atoms with E-state index >= 15 is 0 Å². The number of allylic oxidation sites excluding steroid dienone is 1. The molecule has 5 fully saturated rings. The van der Waals surface area contributed by atoms with Crippen LogP contribution in [0, 0.1) is 16.7 Å². The molecule has 0 amide bonds. The molecule has 8 atom stereocenters. The second kappa shape index (κ2) is 4.47. The lowest BCUT2D eigenvalue weighted by Crippen LogP contribution is -2.75. The highest BCUT2D eigenvalue weighted by Gasteiger charge is 2.83. The fourth-order valence-corrected chi connectivity index (χ4v) is 6.40. The number of ether oxygens (including phenoxy) is 3. The Labute approximate surface area is 155 Å². The van der Waals surface area contributed by atoms with E-state index in [4.69, 9.17) is 18.6 Å². The zero-order valence-corrected chi connectivity index (χ0v) is 15.0. The summed E-state index contributed by atoms with van der Waals surface area (Å²) in [6.45, 7) is 3.94. The fraction of sp³-hybridized carbons (Fsp3) is 0.600. The lowest BCUT2D eigenvalue weighted by Gasteiger charge is -2.63. The third-order valence-corrected chi connectivity index (χ3v) is 7.73. The van der Waals surface area contributed by atoms with Crippen LogP contribution in [-0.4, -0.2) is 41.0 Å². The molecule has 0 spiro atoms. The van der Waals surface area contributed by atoms with Gasteiger partial charge in [0.05, 0.1) is 12.5 Å². The quantitative estimate of drug-likeness (QED) is 0.591. The zero-order chi connectivity index (χ0) is 18.8. The first-order valence-corrected chi connectivity index (χ1v) is 9.33. The topological polar surface area (TPSA) is 98.5 Å². The smallest absolute Gasteiger partial charge is 0.342 e. The fourth-order valence-electron chi connectivity index (χ4n) is 6.40. The molecule has 142 valence electrons. The summed E-state index contributed by atoms with van der Waals surface area (Å²) in [4.78, 5) is 25.4. The Morgan fingerprint density at radius 2 is 2.00 bits per heavy atom. The van der Waals surface area contributed by atoms with Gasteiger partial charge < -0.3 is 23.7 Å². The van der Waals surface area contributed by atoms with Crippen molar-refractivity contribution in [1.29, 1.82) is 0 Å². The minimum Gasteiger partial charge on any atom is -0.472 e. The lowest BCUT2D eigenvalue weighted by atomic mass is 9.43. The Kier molecular flexibility index (Phi) is 2.63. The van der Waals surface area contributed by atoms with Gasteiger partial charge in [0.1, 0.15) is 24.4 Å². The van der Waals surface area contributed by atoms with Crippen LogP contribution in [-0.2, 0) is 23.8 Å². The van der Waals surface area contributed by atoms with E-state index in [2.05, 4.69) is 0 Å². The van der Waals surface area contributed by atoms with Gasteiger partial charge in [0.25, 0.3) is 0 Å². The average Bonchev–Trinajstić information content (AvgIpc) is 3.24. The molecule has 1 aromatic heterocycles. The van der Waals surface area contributed by atoms with Crippen molar-refractivity contribution in [2.45, 2.75) is 56.7 Å². The first-order valence-electron chi connectivity index (χ1n) is 9.33. The molecule has 1 saturated carbocycles. The largest absolute Gasteiger partial charge is 0.472 e. The molecule has 6 aliphatic rings. The molecule has 7 heteroatoms. The van der Waals surface area contributed by atoms with E-state index in [-0.39, 0.29) is 18.0 Å². The molecule has 2 aliphatic carbocycles. The molecule has 0 aromatic carbocycles. The average molecular weight is 372 g/mol. The standard InChI is InChI=1S/C20H20O7/c1-18-7-11(9-4-6-24-8-9)25-16(21)10(18)3-5-19(2)14(18)12-13-15(26-13)20(19,23)17(22)27-12/h3-4,6,8,11-15,23H,5,7H2,1-2H3/t11-,12-,13-,14+,15-,18-,19-,20+/m1/s1. The van der Waals surface area contributed by atoms with E-state index in [0.717, 1.165) is 5.56 Å². The number of carbonyl (C=O) groups excluding carboxylic acids is 2. The highest BCUT2D eigenvalue weighted by Crippen LogP contribution is 2.70. The lowest BCUT2D eigenvalue weighted by molar-refractivity contribution is -0.258. The zero-order valence-electron chi connectivity index (χ0n) is 15.0. The van der Waals surface area contributed by atoms with Gasteiger partial charge in [-0.15, -0.1) is 0 Å². The van der Waals surface area contributed by atoms with E-state index in [1.54, 1.807) is 18.6 Å². The molecule has 7 rings (SSSR count). The van der Waals surface area contributed by atoms with E-state index in [1.807, 2.05) is 19.9 Å². The number of epoxide rings is 1. The Morgan fingerprint density at radius 3 is 2.74 bits per heavy atom. The third-order valence-electron chi connectivity index (χ3n) is 7.73. The number of cyclic esters (lactones) is 1. The van der Waals surface area contributed by atoms with Crippen LogP contribution in [0.2, 0.25) is 0 Å². The van der Waals surface area contributed by atoms with Crippen LogP contribution in [0.1, 0.15) is 38.4 Å². The van der Waals surface area contributed by atoms with Crippen LogP contribution in [0.15, 0.2) is 34.7 Å². The molecular weight excluding hydrogens is 352 g/mol. The van der Waals surface area contributed by atoms with Gasteiger partial charge in [-0.2, -0.15) is 0 Å². The van der Waals surface area contributed by atoms with Crippen LogP contribution in [0.5, 0.6) is 0 Å². The molecule has 7 nitrogen and oxygen atoms in total. The number of esters is 2. The Morgan fingerprint density at radius 1 is 1.19 bits per heavy atom. The predicted molar refractivity (Wildman–Crippen MR) is 88.1 cm³/mol. The van der Waals surface area contributed by atoms with Crippen LogP contribution in [0.25, 0.3) is 0 Å². The van der Waals surface area contributed by atoms with Gasteiger partial charge in [-0.25, -0.2) is 9.59 Å². The van der Waals surface area contributed by atoms with Gasteiger partial charge in [-0.05, 0) is 18.9 Å². The maximum Gasteiger partial charge on any atom is 0.342 e. The summed E-state index contributed by atoms with van der Waals surface area (Å²) in [5, 5.41) is 11.4. The first-order chi connectivity index (χ1) is 12.8. The first kappa shape index (κ1) is 15.9. The molecule has 4 aliphatic heterocycles. The predicted octanol–water partition coefficient (Wildman–Crippen LogP) is 1.66.